The summed E-state index contributed by atoms with van der Waals surface area (Å²) in [5.41, 5.74) is 1.18. The number of hydrogen-bond donors (Lipinski definition) is 3. The Kier molecular flexibility index (Phi) is 13.1. The second-order valence-electron chi connectivity index (χ2n) is 7.62. The third-order valence-corrected chi connectivity index (χ3v) is 3.88. The van der Waals surface area contributed by atoms with Crippen molar-refractivity contribution in [3.8, 4) is 0 Å². The van der Waals surface area contributed by atoms with E-state index < -0.39 is 5.60 Å². The molecule has 0 aliphatic heterocycles. The average Bonchev–Trinajstić information content (AvgIpc) is 2.66. The molecule has 8 nitrogen and oxygen atoms in total. The highest BCUT2D eigenvalue weighted by Gasteiger charge is 2.19. The fourth-order valence-corrected chi connectivity index (χ4v) is 2.42. The zero-order valence-corrected chi connectivity index (χ0v) is 21.2. The lowest BCUT2D eigenvalue weighted by atomic mass is 10.1. The van der Waals surface area contributed by atoms with Crippen molar-refractivity contribution in [3.05, 3.63) is 35.4 Å². The second-order valence-corrected chi connectivity index (χ2v) is 7.62. The molecule has 0 atom stereocenters. The third kappa shape index (κ3) is 11.2. The molecule has 0 bridgehead atoms. The molecular formula is C21H36IN5O3. The predicted octanol–water partition coefficient (Wildman–Crippen LogP) is 2.63. The van der Waals surface area contributed by atoms with Gasteiger partial charge in [0.15, 0.2) is 5.96 Å². The van der Waals surface area contributed by atoms with E-state index in [0.717, 1.165) is 18.5 Å². The van der Waals surface area contributed by atoms with Gasteiger partial charge in [0, 0.05) is 45.8 Å². The van der Waals surface area contributed by atoms with E-state index in [9.17, 15) is 9.59 Å². The van der Waals surface area contributed by atoms with Gasteiger partial charge in [0.1, 0.15) is 5.60 Å². The summed E-state index contributed by atoms with van der Waals surface area (Å²) in [6.45, 7) is 9.89. The van der Waals surface area contributed by atoms with Crippen LogP contribution in [0.15, 0.2) is 29.3 Å². The first kappa shape index (κ1) is 28.0. The molecule has 0 aromatic heterocycles. The summed E-state index contributed by atoms with van der Waals surface area (Å²) in [7, 11) is 3.33. The summed E-state index contributed by atoms with van der Waals surface area (Å²) in [5.74, 6) is 0.590. The second kappa shape index (κ2) is 14.1. The number of carbonyl (C=O) groups excluding carboxylic acids is 2. The first-order valence-corrected chi connectivity index (χ1v) is 9.93. The number of nitrogens with zero attached hydrogens (tertiary/aromatic N) is 2. The van der Waals surface area contributed by atoms with Gasteiger partial charge in [-0.2, -0.15) is 0 Å². The molecule has 0 aliphatic rings. The highest BCUT2D eigenvalue weighted by Crippen LogP contribution is 2.09. The van der Waals surface area contributed by atoms with E-state index in [1.807, 2.05) is 45.9 Å². The van der Waals surface area contributed by atoms with Crippen molar-refractivity contribution >= 4 is 41.9 Å². The minimum absolute atomic E-state index is 0. The Morgan fingerprint density at radius 1 is 1.20 bits per heavy atom. The fourth-order valence-electron chi connectivity index (χ4n) is 2.42. The van der Waals surface area contributed by atoms with Crippen molar-refractivity contribution in [3.63, 3.8) is 0 Å². The van der Waals surface area contributed by atoms with Gasteiger partial charge >= 0.3 is 6.09 Å². The number of benzene rings is 1. The fraction of sp³-hybridized carbons (Fsp3) is 0.571. The number of nitrogens with one attached hydrogen (secondary N) is 3. The molecule has 0 saturated carbocycles. The predicted molar refractivity (Wildman–Crippen MR) is 132 cm³/mol. The Morgan fingerprint density at radius 3 is 2.50 bits per heavy atom. The van der Waals surface area contributed by atoms with Crippen LogP contribution in [0.3, 0.4) is 0 Å². The van der Waals surface area contributed by atoms with Crippen LogP contribution in [-0.2, 0) is 11.2 Å². The first-order valence-electron chi connectivity index (χ1n) is 9.93. The SMILES string of the molecule is CCNC(=NCCc1cccc(C(=O)NC)c1)NCCN(C)C(=O)OC(C)(C)C.I. The van der Waals surface area contributed by atoms with Crippen LogP contribution in [0.1, 0.15) is 43.6 Å². The molecule has 9 heteroatoms. The standard InChI is InChI=1S/C21H35N5O3.HI/c1-7-23-19(25-13-14-26(6)20(28)29-21(2,3)4)24-12-11-16-9-8-10-17(15-16)18(27)22-5;/h8-10,15H,7,11-14H2,1-6H3,(H,22,27)(H2,23,24,25);1H. The molecule has 1 aromatic carbocycles. The van der Waals surface area contributed by atoms with Gasteiger partial charge < -0.3 is 25.6 Å². The number of guanidine groups is 1. The molecule has 0 heterocycles. The Morgan fingerprint density at radius 2 is 1.90 bits per heavy atom. The van der Waals surface area contributed by atoms with E-state index in [-0.39, 0.29) is 36.0 Å². The topological polar surface area (TPSA) is 95.1 Å². The van der Waals surface area contributed by atoms with Gasteiger partial charge in [-0.3, -0.25) is 9.79 Å². The number of halogens is 1. The minimum atomic E-state index is -0.510. The van der Waals surface area contributed by atoms with Crippen LogP contribution in [0.5, 0.6) is 0 Å². The van der Waals surface area contributed by atoms with Crippen molar-refractivity contribution < 1.29 is 14.3 Å². The highest BCUT2D eigenvalue weighted by atomic mass is 127. The highest BCUT2D eigenvalue weighted by molar-refractivity contribution is 14.0. The van der Waals surface area contributed by atoms with Gasteiger partial charge in [0.25, 0.3) is 5.91 Å². The zero-order valence-electron chi connectivity index (χ0n) is 18.9. The quantitative estimate of drug-likeness (QED) is 0.272. The molecule has 0 aliphatic carbocycles. The molecule has 0 spiro atoms. The number of hydrogen-bond acceptors (Lipinski definition) is 4. The maximum atomic E-state index is 12.0. The summed E-state index contributed by atoms with van der Waals surface area (Å²) in [6.07, 6.45) is 0.372. The van der Waals surface area contributed by atoms with Gasteiger partial charge in [0.05, 0.1) is 0 Å². The molecule has 0 saturated heterocycles. The number of likely N-dealkylation sites (N-methyl/N-ethyl adjacent to an activating group) is 1. The lowest BCUT2D eigenvalue weighted by Gasteiger charge is -2.24. The van der Waals surface area contributed by atoms with E-state index >= 15 is 0 Å². The van der Waals surface area contributed by atoms with Gasteiger partial charge in [-0.1, -0.05) is 12.1 Å². The maximum Gasteiger partial charge on any atom is 0.410 e. The lowest BCUT2D eigenvalue weighted by molar-refractivity contribution is 0.0302. The largest absolute Gasteiger partial charge is 0.444 e. The smallest absolute Gasteiger partial charge is 0.410 e. The van der Waals surface area contributed by atoms with Crippen LogP contribution in [0, 0.1) is 0 Å². The summed E-state index contributed by atoms with van der Waals surface area (Å²) in [4.78, 5) is 29.8. The normalized spacial score (nSPS) is 11.2. The lowest BCUT2D eigenvalue weighted by Crippen LogP contribution is -2.43. The molecule has 170 valence electrons. The van der Waals surface area contributed by atoms with Crippen LogP contribution in [0.4, 0.5) is 4.79 Å². The molecule has 0 radical (unpaired) electrons. The van der Waals surface area contributed by atoms with Gasteiger partial charge in [-0.25, -0.2) is 4.79 Å². The maximum absolute atomic E-state index is 12.0. The Bertz CT molecular complexity index is 704. The van der Waals surface area contributed by atoms with Crippen molar-refractivity contribution in [2.24, 2.45) is 4.99 Å². The zero-order chi connectivity index (χ0) is 21.9. The molecule has 1 rings (SSSR count). The van der Waals surface area contributed by atoms with Crippen molar-refractivity contribution in [2.75, 3.05) is 40.3 Å². The summed E-state index contributed by atoms with van der Waals surface area (Å²) < 4.78 is 5.34. The summed E-state index contributed by atoms with van der Waals surface area (Å²) >= 11 is 0. The number of aliphatic imine (C=N–C) groups is 1. The van der Waals surface area contributed by atoms with Crippen LogP contribution in [0.2, 0.25) is 0 Å². The van der Waals surface area contributed by atoms with E-state index in [1.165, 1.54) is 4.90 Å². The molecule has 0 fully saturated rings. The van der Waals surface area contributed by atoms with Crippen molar-refractivity contribution in [1.82, 2.24) is 20.9 Å². The van der Waals surface area contributed by atoms with E-state index in [4.69, 9.17) is 4.74 Å². The number of ether oxygens (including phenoxy) is 1. The van der Waals surface area contributed by atoms with E-state index in [0.29, 0.717) is 31.2 Å². The number of amides is 2. The molecular weight excluding hydrogens is 497 g/mol. The molecule has 0 unspecified atom stereocenters. The minimum Gasteiger partial charge on any atom is -0.444 e. The summed E-state index contributed by atoms with van der Waals surface area (Å²) in [6, 6.07) is 7.53. The number of rotatable bonds is 8. The summed E-state index contributed by atoms with van der Waals surface area (Å²) in [5, 5.41) is 9.04. The average molecular weight is 533 g/mol. The van der Waals surface area contributed by atoms with E-state index in [1.54, 1.807) is 20.2 Å². The van der Waals surface area contributed by atoms with Crippen molar-refractivity contribution in [2.45, 2.75) is 39.7 Å². The van der Waals surface area contributed by atoms with Crippen molar-refractivity contribution in [1.29, 1.82) is 0 Å². The van der Waals surface area contributed by atoms with Crippen LogP contribution < -0.4 is 16.0 Å². The van der Waals surface area contributed by atoms with E-state index in [2.05, 4.69) is 20.9 Å². The van der Waals surface area contributed by atoms with Crippen LogP contribution in [-0.4, -0.2) is 68.7 Å². The van der Waals surface area contributed by atoms with Gasteiger partial charge in [-0.15, -0.1) is 24.0 Å². The first-order chi connectivity index (χ1) is 13.7. The van der Waals surface area contributed by atoms with Crippen LogP contribution >= 0.6 is 24.0 Å². The molecule has 3 N–H and O–H groups in total. The molecule has 2 amide bonds. The Labute approximate surface area is 197 Å². The third-order valence-electron chi connectivity index (χ3n) is 3.88. The number of carbonyl (C=O) groups is 2. The molecule has 30 heavy (non-hydrogen) atoms. The monoisotopic (exact) mass is 533 g/mol. The van der Waals surface area contributed by atoms with Gasteiger partial charge in [-0.05, 0) is 51.8 Å². The Balaban J connectivity index is 0.00000841. The molecule has 1 aromatic rings. The van der Waals surface area contributed by atoms with Crippen LogP contribution in [0.25, 0.3) is 0 Å². The van der Waals surface area contributed by atoms with Gasteiger partial charge in [0.2, 0.25) is 0 Å². The Hall–Kier alpha value is -2.04.